The Morgan fingerprint density at radius 2 is 1.92 bits per heavy atom. The lowest BCUT2D eigenvalue weighted by Crippen LogP contribution is -2.40. The maximum absolute atomic E-state index is 13.4. The fraction of sp³-hybridized carbons (Fsp3) is 0.480. The zero-order chi connectivity index (χ0) is 27.0. The van der Waals surface area contributed by atoms with E-state index in [1.54, 1.807) is 17.0 Å². The minimum atomic E-state index is -4.56. The van der Waals surface area contributed by atoms with E-state index in [4.69, 9.17) is 14.5 Å². The van der Waals surface area contributed by atoms with Crippen LogP contribution in [-0.4, -0.2) is 38.7 Å². The van der Waals surface area contributed by atoms with Gasteiger partial charge in [0.2, 0.25) is 12.2 Å². The monoisotopic (exact) mass is 556 g/mol. The molecule has 7 nitrogen and oxygen atoms in total. The van der Waals surface area contributed by atoms with E-state index in [0.717, 1.165) is 15.8 Å². The Morgan fingerprint density at radius 3 is 2.61 bits per heavy atom. The molecule has 0 spiro atoms. The molecule has 1 saturated heterocycles. The fourth-order valence-electron chi connectivity index (χ4n) is 4.72. The van der Waals surface area contributed by atoms with Crippen LogP contribution in [0.25, 0.3) is 0 Å². The Morgan fingerprint density at radius 1 is 1.18 bits per heavy atom. The summed E-state index contributed by atoms with van der Waals surface area (Å²) in [6.07, 6.45) is -6.64. The number of carbonyl (C=O) groups excluding carboxylic acids is 1. The van der Waals surface area contributed by atoms with Crippen LogP contribution in [0.5, 0.6) is 0 Å². The highest BCUT2D eigenvalue weighted by Gasteiger charge is 2.35. The number of ether oxygens (including phenoxy) is 2. The van der Waals surface area contributed by atoms with Crippen molar-refractivity contribution >= 4 is 17.2 Å². The van der Waals surface area contributed by atoms with E-state index in [9.17, 15) is 26.7 Å². The first-order chi connectivity index (χ1) is 18.1. The van der Waals surface area contributed by atoms with Crippen molar-refractivity contribution in [3.05, 3.63) is 68.4 Å². The number of carbonyl (C=O) groups is 1. The largest absolute Gasteiger partial charge is 0.435 e. The molecule has 5 rings (SSSR count). The number of hydrogen-bond acceptors (Lipinski definition) is 6. The van der Waals surface area contributed by atoms with Gasteiger partial charge in [0.15, 0.2) is 5.69 Å². The number of aryl methyl sites for hydroxylation is 1. The second-order valence-corrected chi connectivity index (χ2v) is 10.2. The summed E-state index contributed by atoms with van der Waals surface area (Å²) in [6, 6.07) is 5.65. The number of likely N-dealkylation sites (tertiary alicyclic amines) is 1. The molecule has 2 aromatic heterocycles. The van der Waals surface area contributed by atoms with Crippen molar-refractivity contribution in [2.24, 2.45) is 0 Å². The molecule has 0 N–H and O–H groups in total. The van der Waals surface area contributed by atoms with E-state index >= 15 is 0 Å². The van der Waals surface area contributed by atoms with Crippen LogP contribution in [0.1, 0.15) is 70.3 Å². The van der Waals surface area contributed by atoms with Crippen LogP contribution < -0.4 is 0 Å². The fourth-order valence-corrected chi connectivity index (χ4v) is 5.71. The standard InChI is InChI=1S/C25H25F5N4O3S/c1-14-9-20(25(28,29)30)32-34(14)10-21(35)33-7-5-15(6-8-33)23-31-19(13-38-23)24-36-11-16-3-2-4-17(22(26)27)18(16)12-37-24/h2-4,9,13,15,22,24H,5-8,10-12H2,1H3. The molecule has 1 atom stereocenters. The molecule has 0 radical (unpaired) electrons. The van der Waals surface area contributed by atoms with Crippen LogP contribution in [0.2, 0.25) is 0 Å². The van der Waals surface area contributed by atoms with Gasteiger partial charge in [-0.1, -0.05) is 18.2 Å². The van der Waals surface area contributed by atoms with Gasteiger partial charge in [-0.3, -0.25) is 9.48 Å². The summed E-state index contributed by atoms with van der Waals surface area (Å²) in [7, 11) is 0. The zero-order valence-corrected chi connectivity index (χ0v) is 21.2. The Labute approximate surface area is 219 Å². The number of alkyl halides is 5. The predicted molar refractivity (Wildman–Crippen MR) is 126 cm³/mol. The number of amides is 1. The van der Waals surface area contributed by atoms with Crippen molar-refractivity contribution in [2.45, 2.75) is 64.3 Å². The average Bonchev–Trinajstić information content (AvgIpc) is 3.45. The highest BCUT2D eigenvalue weighted by molar-refractivity contribution is 7.09. The van der Waals surface area contributed by atoms with Gasteiger partial charge < -0.3 is 14.4 Å². The van der Waals surface area contributed by atoms with Crippen LogP contribution in [0, 0.1) is 6.92 Å². The number of fused-ring (bicyclic) bond motifs is 1. The predicted octanol–water partition coefficient (Wildman–Crippen LogP) is 5.76. The maximum atomic E-state index is 13.4. The van der Waals surface area contributed by atoms with E-state index in [0.29, 0.717) is 42.8 Å². The van der Waals surface area contributed by atoms with Crippen LogP contribution >= 0.6 is 11.3 Å². The summed E-state index contributed by atoms with van der Waals surface area (Å²) in [4.78, 5) is 19.0. The SMILES string of the molecule is Cc1cc(C(F)(F)F)nn1CC(=O)N1CCC(c2nc(C3OCc4cccc(C(F)F)c4CO3)cs2)CC1. The molecule has 2 aliphatic heterocycles. The van der Waals surface area contributed by atoms with Crippen molar-refractivity contribution in [3.63, 3.8) is 0 Å². The van der Waals surface area contributed by atoms with Gasteiger partial charge in [-0.05, 0) is 37.0 Å². The Bertz CT molecular complexity index is 1300. The van der Waals surface area contributed by atoms with Crippen molar-refractivity contribution < 1.29 is 36.2 Å². The average molecular weight is 557 g/mol. The van der Waals surface area contributed by atoms with Crippen molar-refractivity contribution in [1.29, 1.82) is 0 Å². The second kappa shape index (κ2) is 10.7. The molecular formula is C25H25F5N4O3S. The summed E-state index contributed by atoms with van der Waals surface area (Å²) < 4.78 is 78.2. The van der Waals surface area contributed by atoms with Crippen molar-refractivity contribution in [2.75, 3.05) is 13.1 Å². The summed E-state index contributed by atoms with van der Waals surface area (Å²) in [5, 5.41) is 6.24. The molecule has 1 unspecified atom stereocenters. The normalized spacial score (nSPS) is 19.0. The molecule has 4 heterocycles. The Hall–Kier alpha value is -2.90. The zero-order valence-electron chi connectivity index (χ0n) is 20.4. The first-order valence-electron chi connectivity index (χ1n) is 12.1. The van der Waals surface area contributed by atoms with Gasteiger partial charge >= 0.3 is 6.18 Å². The molecule has 1 fully saturated rings. The number of thiazole rings is 1. The minimum absolute atomic E-state index is 0.00589. The molecule has 38 heavy (non-hydrogen) atoms. The smallest absolute Gasteiger partial charge is 0.342 e. The summed E-state index contributed by atoms with van der Waals surface area (Å²) in [5.74, 6) is -0.180. The topological polar surface area (TPSA) is 69.5 Å². The summed E-state index contributed by atoms with van der Waals surface area (Å²) in [5.41, 5.74) is 0.878. The quantitative estimate of drug-likeness (QED) is 0.374. The number of hydrogen-bond donors (Lipinski definition) is 0. The van der Waals surface area contributed by atoms with Crippen LogP contribution in [0.4, 0.5) is 22.0 Å². The molecule has 13 heteroatoms. The summed E-state index contributed by atoms with van der Waals surface area (Å²) >= 11 is 1.45. The molecule has 2 aliphatic rings. The molecule has 1 amide bonds. The molecular weight excluding hydrogens is 531 g/mol. The van der Waals surface area contributed by atoms with E-state index < -0.39 is 24.6 Å². The van der Waals surface area contributed by atoms with Gasteiger partial charge in [-0.15, -0.1) is 11.3 Å². The first-order valence-corrected chi connectivity index (χ1v) is 12.9. The first kappa shape index (κ1) is 26.7. The van der Waals surface area contributed by atoms with Gasteiger partial charge in [0, 0.05) is 35.6 Å². The van der Waals surface area contributed by atoms with E-state index in [-0.39, 0.29) is 42.8 Å². The van der Waals surface area contributed by atoms with Crippen molar-refractivity contribution in [3.8, 4) is 0 Å². The van der Waals surface area contributed by atoms with Gasteiger partial charge in [-0.25, -0.2) is 13.8 Å². The third-order valence-electron chi connectivity index (χ3n) is 6.85. The highest BCUT2D eigenvalue weighted by atomic mass is 32.1. The van der Waals surface area contributed by atoms with Gasteiger partial charge in [0.05, 0.1) is 18.2 Å². The van der Waals surface area contributed by atoms with Gasteiger partial charge in [-0.2, -0.15) is 18.3 Å². The number of piperidine rings is 1. The van der Waals surface area contributed by atoms with Gasteiger partial charge in [0.25, 0.3) is 6.43 Å². The minimum Gasteiger partial charge on any atom is -0.342 e. The summed E-state index contributed by atoms with van der Waals surface area (Å²) in [6.45, 7) is 2.27. The number of halogens is 5. The van der Waals surface area contributed by atoms with Crippen LogP contribution in [0.3, 0.4) is 0 Å². The van der Waals surface area contributed by atoms with Crippen molar-refractivity contribution in [1.82, 2.24) is 19.7 Å². The molecule has 0 bridgehead atoms. The second-order valence-electron chi connectivity index (χ2n) is 9.33. The molecule has 3 aromatic rings. The molecule has 0 saturated carbocycles. The maximum Gasteiger partial charge on any atom is 0.435 e. The third kappa shape index (κ3) is 5.59. The van der Waals surface area contributed by atoms with Gasteiger partial charge in [0.1, 0.15) is 12.2 Å². The number of nitrogens with zero attached hydrogens (tertiary/aromatic N) is 4. The number of aromatic nitrogens is 3. The third-order valence-corrected chi connectivity index (χ3v) is 7.87. The number of rotatable bonds is 5. The van der Waals surface area contributed by atoms with Crippen LogP contribution in [0.15, 0.2) is 29.6 Å². The van der Waals surface area contributed by atoms with E-state index in [1.807, 2.05) is 5.38 Å². The Kier molecular flexibility index (Phi) is 7.51. The lowest BCUT2D eigenvalue weighted by atomic mass is 9.97. The molecule has 0 aliphatic carbocycles. The van der Waals surface area contributed by atoms with E-state index in [1.165, 1.54) is 24.3 Å². The molecule has 1 aromatic carbocycles. The number of benzene rings is 1. The highest BCUT2D eigenvalue weighted by Crippen LogP contribution is 2.36. The lowest BCUT2D eigenvalue weighted by Gasteiger charge is -2.31. The lowest BCUT2D eigenvalue weighted by molar-refractivity contribution is -0.155. The molecule has 204 valence electrons. The Balaban J connectivity index is 1.17. The van der Waals surface area contributed by atoms with E-state index in [2.05, 4.69) is 5.10 Å². The van der Waals surface area contributed by atoms with Crippen LogP contribution in [-0.2, 0) is 40.2 Å².